The summed E-state index contributed by atoms with van der Waals surface area (Å²) in [6.45, 7) is 0. The lowest BCUT2D eigenvalue weighted by atomic mass is 10.0. The first kappa shape index (κ1) is 15.3. The molecule has 0 aliphatic carbocycles. The third-order valence-electron chi connectivity index (χ3n) is 2.86. The fourth-order valence-corrected chi connectivity index (χ4v) is 2.27. The van der Waals surface area contributed by atoms with E-state index in [-0.39, 0.29) is 21.8 Å². The summed E-state index contributed by atoms with van der Waals surface area (Å²) in [6, 6.07) is 8.88. The Bertz CT molecular complexity index is 731. The summed E-state index contributed by atoms with van der Waals surface area (Å²) >= 11 is 12.0. The predicted molar refractivity (Wildman–Crippen MR) is 79.9 cm³/mol. The molecule has 0 saturated heterocycles. The van der Waals surface area contributed by atoms with E-state index in [4.69, 9.17) is 23.2 Å². The number of halogens is 2. The van der Waals surface area contributed by atoms with Crippen LogP contribution in [0.3, 0.4) is 0 Å². The van der Waals surface area contributed by atoms with E-state index in [9.17, 15) is 14.9 Å². The number of nitro groups is 1. The van der Waals surface area contributed by atoms with Crippen LogP contribution >= 0.6 is 23.2 Å². The van der Waals surface area contributed by atoms with Gasteiger partial charge in [-0.15, -0.1) is 0 Å². The SMILES string of the molecule is COC(=O)c1ccc(-c2cccc(Cl)c2Cl)c([N+](=O)[O-])c1. The van der Waals surface area contributed by atoms with Gasteiger partial charge in [0.25, 0.3) is 5.69 Å². The van der Waals surface area contributed by atoms with E-state index >= 15 is 0 Å². The molecule has 0 amide bonds. The van der Waals surface area contributed by atoms with E-state index in [1.165, 1.54) is 19.2 Å². The van der Waals surface area contributed by atoms with Gasteiger partial charge in [0.15, 0.2) is 0 Å². The zero-order valence-corrected chi connectivity index (χ0v) is 12.3. The molecule has 0 atom stereocenters. The van der Waals surface area contributed by atoms with Crippen LogP contribution in [-0.4, -0.2) is 18.0 Å². The largest absolute Gasteiger partial charge is 0.465 e. The van der Waals surface area contributed by atoms with E-state index in [0.717, 1.165) is 6.07 Å². The zero-order valence-electron chi connectivity index (χ0n) is 10.8. The first-order valence-corrected chi connectivity index (χ1v) is 6.52. The third kappa shape index (κ3) is 2.99. The van der Waals surface area contributed by atoms with E-state index in [1.807, 2.05) is 0 Å². The van der Waals surface area contributed by atoms with Gasteiger partial charge in [-0.05, 0) is 18.2 Å². The molecule has 0 radical (unpaired) electrons. The molecule has 0 aliphatic rings. The molecule has 2 aromatic rings. The summed E-state index contributed by atoms with van der Waals surface area (Å²) in [4.78, 5) is 22.1. The maximum absolute atomic E-state index is 11.5. The van der Waals surface area contributed by atoms with Crippen LogP contribution in [0.15, 0.2) is 36.4 Å². The fourth-order valence-electron chi connectivity index (χ4n) is 1.87. The van der Waals surface area contributed by atoms with Crippen LogP contribution in [0.1, 0.15) is 10.4 Å². The normalized spacial score (nSPS) is 10.2. The molecule has 2 rings (SSSR count). The first-order chi connectivity index (χ1) is 9.95. The van der Waals surface area contributed by atoms with Crippen molar-refractivity contribution < 1.29 is 14.5 Å². The molecule has 0 heterocycles. The highest BCUT2D eigenvalue weighted by Gasteiger charge is 2.21. The van der Waals surface area contributed by atoms with E-state index in [1.54, 1.807) is 18.2 Å². The summed E-state index contributed by atoms with van der Waals surface area (Å²) in [5, 5.41) is 11.7. The van der Waals surface area contributed by atoms with Crippen molar-refractivity contribution >= 4 is 34.9 Å². The van der Waals surface area contributed by atoms with Gasteiger partial charge in [-0.1, -0.05) is 35.3 Å². The van der Waals surface area contributed by atoms with E-state index in [2.05, 4.69) is 4.74 Å². The highest BCUT2D eigenvalue weighted by Crippen LogP contribution is 2.38. The quantitative estimate of drug-likeness (QED) is 0.477. The lowest BCUT2D eigenvalue weighted by Crippen LogP contribution is -2.03. The summed E-state index contributed by atoms with van der Waals surface area (Å²) < 4.78 is 4.55. The van der Waals surface area contributed by atoms with Gasteiger partial charge in [0.1, 0.15) is 0 Å². The number of hydrogen-bond acceptors (Lipinski definition) is 4. The van der Waals surface area contributed by atoms with Gasteiger partial charge in [0, 0.05) is 11.6 Å². The molecule has 0 unspecified atom stereocenters. The third-order valence-corrected chi connectivity index (χ3v) is 3.68. The van der Waals surface area contributed by atoms with Crippen molar-refractivity contribution in [3.63, 3.8) is 0 Å². The molecular formula is C14H9Cl2NO4. The second-order valence-electron chi connectivity index (χ2n) is 4.08. The number of ether oxygens (including phenoxy) is 1. The molecule has 108 valence electrons. The molecular weight excluding hydrogens is 317 g/mol. The molecule has 0 bridgehead atoms. The Kier molecular flexibility index (Phi) is 4.45. The summed E-state index contributed by atoms with van der Waals surface area (Å²) in [5.41, 5.74) is 0.542. The zero-order chi connectivity index (χ0) is 15.6. The second-order valence-corrected chi connectivity index (χ2v) is 4.87. The lowest BCUT2D eigenvalue weighted by Gasteiger charge is -2.08. The summed E-state index contributed by atoms with van der Waals surface area (Å²) in [6.07, 6.45) is 0. The lowest BCUT2D eigenvalue weighted by molar-refractivity contribution is -0.384. The smallest absolute Gasteiger partial charge is 0.338 e. The number of carbonyl (C=O) groups excluding carboxylic acids is 1. The van der Waals surface area contributed by atoms with Gasteiger partial charge in [-0.25, -0.2) is 4.79 Å². The number of rotatable bonds is 3. The number of carbonyl (C=O) groups is 1. The number of benzene rings is 2. The Hall–Kier alpha value is -2.11. The van der Waals surface area contributed by atoms with Crippen LogP contribution in [0.2, 0.25) is 10.0 Å². The topological polar surface area (TPSA) is 69.4 Å². The van der Waals surface area contributed by atoms with Crippen LogP contribution in [0.4, 0.5) is 5.69 Å². The van der Waals surface area contributed by atoms with Gasteiger partial charge in [-0.3, -0.25) is 10.1 Å². The van der Waals surface area contributed by atoms with Gasteiger partial charge in [0.05, 0.1) is 33.2 Å². The second kappa shape index (κ2) is 6.11. The highest BCUT2D eigenvalue weighted by molar-refractivity contribution is 6.43. The highest BCUT2D eigenvalue weighted by atomic mass is 35.5. The molecule has 0 spiro atoms. The minimum Gasteiger partial charge on any atom is -0.465 e. The Morgan fingerprint density at radius 3 is 2.52 bits per heavy atom. The first-order valence-electron chi connectivity index (χ1n) is 5.77. The monoisotopic (exact) mass is 325 g/mol. The minimum absolute atomic E-state index is 0.0890. The van der Waals surface area contributed by atoms with Crippen molar-refractivity contribution in [3.8, 4) is 11.1 Å². The molecule has 0 aliphatic heterocycles. The van der Waals surface area contributed by atoms with Gasteiger partial charge >= 0.3 is 5.97 Å². The van der Waals surface area contributed by atoms with Crippen molar-refractivity contribution in [2.45, 2.75) is 0 Å². The standard InChI is InChI=1S/C14H9Cl2NO4/c1-21-14(18)8-5-6-9(12(7-8)17(19)20)10-3-2-4-11(15)13(10)16/h2-7H,1H3. The van der Waals surface area contributed by atoms with Crippen LogP contribution in [0, 0.1) is 10.1 Å². The summed E-state index contributed by atoms with van der Waals surface area (Å²) in [5.74, 6) is -0.651. The average molecular weight is 326 g/mol. The van der Waals surface area contributed by atoms with Crippen LogP contribution in [0.25, 0.3) is 11.1 Å². The van der Waals surface area contributed by atoms with Crippen LogP contribution in [-0.2, 0) is 4.74 Å². The van der Waals surface area contributed by atoms with Crippen molar-refractivity contribution in [2.24, 2.45) is 0 Å². The number of nitrogens with zero attached hydrogens (tertiary/aromatic N) is 1. The van der Waals surface area contributed by atoms with Gasteiger partial charge in [0.2, 0.25) is 0 Å². The number of esters is 1. The Morgan fingerprint density at radius 2 is 1.90 bits per heavy atom. The predicted octanol–water partition coefficient (Wildman–Crippen LogP) is 4.36. The molecule has 7 heteroatoms. The van der Waals surface area contributed by atoms with Gasteiger partial charge in [-0.2, -0.15) is 0 Å². The molecule has 0 fully saturated rings. The molecule has 0 N–H and O–H groups in total. The van der Waals surface area contributed by atoms with E-state index in [0.29, 0.717) is 10.6 Å². The van der Waals surface area contributed by atoms with Gasteiger partial charge < -0.3 is 4.74 Å². The maximum atomic E-state index is 11.5. The summed E-state index contributed by atoms with van der Waals surface area (Å²) in [7, 11) is 1.20. The molecule has 5 nitrogen and oxygen atoms in total. The Labute approximate surface area is 130 Å². The minimum atomic E-state index is -0.651. The fraction of sp³-hybridized carbons (Fsp3) is 0.0714. The Morgan fingerprint density at radius 1 is 1.19 bits per heavy atom. The van der Waals surface area contributed by atoms with Crippen molar-refractivity contribution in [2.75, 3.05) is 7.11 Å². The number of hydrogen-bond donors (Lipinski definition) is 0. The molecule has 0 saturated carbocycles. The molecule has 2 aromatic carbocycles. The maximum Gasteiger partial charge on any atom is 0.338 e. The Balaban J connectivity index is 2.66. The van der Waals surface area contributed by atoms with E-state index < -0.39 is 10.9 Å². The number of nitro benzene ring substituents is 1. The van der Waals surface area contributed by atoms with Crippen LogP contribution < -0.4 is 0 Å². The van der Waals surface area contributed by atoms with Crippen molar-refractivity contribution in [1.29, 1.82) is 0 Å². The van der Waals surface area contributed by atoms with Crippen molar-refractivity contribution in [1.82, 2.24) is 0 Å². The number of methoxy groups -OCH3 is 1. The van der Waals surface area contributed by atoms with Crippen molar-refractivity contribution in [3.05, 3.63) is 62.1 Å². The average Bonchev–Trinajstić information content (AvgIpc) is 2.48. The molecule has 21 heavy (non-hydrogen) atoms. The molecule has 0 aromatic heterocycles. The van der Waals surface area contributed by atoms with Crippen LogP contribution in [0.5, 0.6) is 0 Å².